The highest BCUT2D eigenvalue weighted by Crippen LogP contribution is 2.25. The minimum atomic E-state index is 0.585. The summed E-state index contributed by atoms with van der Waals surface area (Å²) in [5.74, 6) is 0. The fourth-order valence-corrected chi connectivity index (χ4v) is 3.16. The highest BCUT2D eigenvalue weighted by Gasteiger charge is 2.16. The molecule has 1 saturated heterocycles. The number of hydrogen-bond donors (Lipinski definition) is 1. The van der Waals surface area contributed by atoms with Crippen LogP contribution in [0.2, 0.25) is 0 Å². The molecule has 2 aromatic rings. The minimum absolute atomic E-state index is 0.585. The minimum Gasteiger partial charge on any atom is -0.312 e. The zero-order valence-electron chi connectivity index (χ0n) is 12.6. The third-order valence-corrected chi connectivity index (χ3v) is 4.05. The van der Waals surface area contributed by atoms with E-state index in [2.05, 4.69) is 60.3 Å². The first kappa shape index (κ1) is 13.4. The zero-order valence-corrected chi connectivity index (χ0v) is 12.6. The van der Waals surface area contributed by atoms with Gasteiger partial charge in [-0.3, -0.25) is 4.68 Å². The normalized spacial score (nSPS) is 18.6. The molecule has 3 rings (SSSR count). The van der Waals surface area contributed by atoms with E-state index in [1.807, 2.05) is 0 Å². The van der Waals surface area contributed by atoms with Crippen LogP contribution in [0.15, 0.2) is 24.4 Å². The lowest BCUT2D eigenvalue weighted by molar-refractivity contribution is 0.474. The Morgan fingerprint density at radius 3 is 2.60 bits per heavy atom. The van der Waals surface area contributed by atoms with E-state index < -0.39 is 0 Å². The van der Waals surface area contributed by atoms with Crippen LogP contribution in [0.25, 0.3) is 11.1 Å². The summed E-state index contributed by atoms with van der Waals surface area (Å²) in [6, 6.07) is 7.29. The van der Waals surface area contributed by atoms with Crippen LogP contribution in [0.1, 0.15) is 29.7 Å². The number of benzene rings is 1. The standard InChI is InChI=1S/C17H23N3/c1-12-7-13(2)9-15(8-12)17-11-20(19-14(17)3)10-16-5-4-6-18-16/h7-9,11,16,18H,4-6,10H2,1-3H3. The summed E-state index contributed by atoms with van der Waals surface area (Å²) in [6.45, 7) is 8.53. The van der Waals surface area contributed by atoms with Gasteiger partial charge >= 0.3 is 0 Å². The molecule has 0 amide bonds. The summed E-state index contributed by atoms with van der Waals surface area (Å²) >= 11 is 0. The molecule has 1 fully saturated rings. The van der Waals surface area contributed by atoms with Crippen molar-refractivity contribution in [1.82, 2.24) is 15.1 Å². The molecule has 1 aromatic carbocycles. The van der Waals surface area contributed by atoms with Crippen molar-refractivity contribution in [1.29, 1.82) is 0 Å². The third kappa shape index (κ3) is 2.78. The summed E-state index contributed by atoms with van der Waals surface area (Å²) in [4.78, 5) is 0. The number of aromatic nitrogens is 2. The first-order valence-corrected chi connectivity index (χ1v) is 7.48. The van der Waals surface area contributed by atoms with Gasteiger partial charge in [-0.05, 0) is 45.7 Å². The van der Waals surface area contributed by atoms with E-state index in [1.54, 1.807) is 0 Å². The first-order chi connectivity index (χ1) is 9.61. The Bertz CT molecular complexity index is 586. The van der Waals surface area contributed by atoms with Crippen molar-refractivity contribution in [3.05, 3.63) is 41.2 Å². The Morgan fingerprint density at radius 1 is 1.20 bits per heavy atom. The van der Waals surface area contributed by atoms with Gasteiger partial charge in [-0.25, -0.2) is 0 Å². The van der Waals surface area contributed by atoms with E-state index in [1.165, 1.54) is 35.1 Å². The van der Waals surface area contributed by atoms with Gasteiger partial charge in [-0.15, -0.1) is 0 Å². The first-order valence-electron chi connectivity index (χ1n) is 7.48. The van der Waals surface area contributed by atoms with E-state index in [0.29, 0.717) is 6.04 Å². The predicted octanol–water partition coefficient (Wildman–Crippen LogP) is 3.23. The van der Waals surface area contributed by atoms with Gasteiger partial charge in [0.2, 0.25) is 0 Å². The number of nitrogens with zero attached hydrogens (tertiary/aromatic N) is 2. The maximum atomic E-state index is 4.69. The molecule has 3 heteroatoms. The predicted molar refractivity (Wildman–Crippen MR) is 82.9 cm³/mol. The van der Waals surface area contributed by atoms with Crippen LogP contribution >= 0.6 is 0 Å². The lowest BCUT2D eigenvalue weighted by Gasteiger charge is -2.09. The summed E-state index contributed by atoms with van der Waals surface area (Å²) in [6.07, 6.45) is 4.75. The van der Waals surface area contributed by atoms with Crippen LogP contribution in [0.3, 0.4) is 0 Å². The summed E-state index contributed by atoms with van der Waals surface area (Å²) in [7, 11) is 0. The highest BCUT2D eigenvalue weighted by molar-refractivity contribution is 5.66. The molecule has 20 heavy (non-hydrogen) atoms. The Morgan fingerprint density at radius 2 is 1.95 bits per heavy atom. The molecule has 0 saturated carbocycles. The molecule has 3 nitrogen and oxygen atoms in total. The number of aryl methyl sites for hydroxylation is 3. The fraction of sp³-hybridized carbons (Fsp3) is 0.471. The quantitative estimate of drug-likeness (QED) is 0.927. The van der Waals surface area contributed by atoms with E-state index in [-0.39, 0.29) is 0 Å². The molecule has 1 N–H and O–H groups in total. The number of rotatable bonds is 3. The van der Waals surface area contributed by atoms with Gasteiger partial charge in [-0.1, -0.05) is 29.3 Å². The Kier molecular flexibility index (Phi) is 3.62. The number of hydrogen-bond acceptors (Lipinski definition) is 2. The van der Waals surface area contributed by atoms with Crippen LogP contribution < -0.4 is 5.32 Å². The van der Waals surface area contributed by atoms with Crippen molar-refractivity contribution in [3.8, 4) is 11.1 Å². The van der Waals surface area contributed by atoms with Gasteiger partial charge in [0.25, 0.3) is 0 Å². The smallest absolute Gasteiger partial charge is 0.0672 e. The molecule has 0 spiro atoms. The maximum Gasteiger partial charge on any atom is 0.0672 e. The average molecular weight is 269 g/mol. The molecule has 1 atom stereocenters. The van der Waals surface area contributed by atoms with Crippen molar-refractivity contribution < 1.29 is 0 Å². The van der Waals surface area contributed by atoms with Crippen molar-refractivity contribution in [3.63, 3.8) is 0 Å². The second-order valence-electron chi connectivity index (χ2n) is 6.02. The van der Waals surface area contributed by atoms with E-state index >= 15 is 0 Å². The van der Waals surface area contributed by atoms with Gasteiger partial charge in [0, 0.05) is 17.8 Å². The Balaban J connectivity index is 1.87. The number of nitrogens with one attached hydrogen (secondary N) is 1. The Hall–Kier alpha value is -1.61. The van der Waals surface area contributed by atoms with Crippen molar-refractivity contribution >= 4 is 0 Å². The lowest BCUT2D eigenvalue weighted by Crippen LogP contribution is -2.26. The lowest BCUT2D eigenvalue weighted by atomic mass is 10.0. The molecule has 0 radical (unpaired) electrons. The van der Waals surface area contributed by atoms with Gasteiger partial charge in [0.05, 0.1) is 12.2 Å². The van der Waals surface area contributed by atoms with Gasteiger partial charge < -0.3 is 5.32 Å². The van der Waals surface area contributed by atoms with Crippen molar-refractivity contribution in [2.24, 2.45) is 0 Å². The molecular formula is C17H23N3. The summed E-state index contributed by atoms with van der Waals surface area (Å²) in [5, 5.41) is 8.22. The van der Waals surface area contributed by atoms with Crippen LogP contribution in [0.4, 0.5) is 0 Å². The van der Waals surface area contributed by atoms with Crippen molar-refractivity contribution in [2.75, 3.05) is 6.54 Å². The van der Waals surface area contributed by atoms with E-state index in [0.717, 1.165) is 18.8 Å². The fourth-order valence-electron chi connectivity index (χ4n) is 3.16. The molecule has 0 bridgehead atoms. The van der Waals surface area contributed by atoms with Gasteiger partial charge in [-0.2, -0.15) is 5.10 Å². The topological polar surface area (TPSA) is 29.9 Å². The molecular weight excluding hydrogens is 246 g/mol. The molecule has 106 valence electrons. The molecule has 1 aliphatic heterocycles. The molecule has 1 aromatic heterocycles. The molecule has 0 aliphatic carbocycles. The van der Waals surface area contributed by atoms with Gasteiger partial charge in [0.1, 0.15) is 0 Å². The van der Waals surface area contributed by atoms with Crippen molar-refractivity contribution in [2.45, 2.75) is 46.2 Å². The van der Waals surface area contributed by atoms with E-state index in [4.69, 9.17) is 0 Å². The Labute approximate surface area is 121 Å². The van der Waals surface area contributed by atoms with Crippen LogP contribution in [-0.4, -0.2) is 22.4 Å². The molecule has 1 unspecified atom stereocenters. The maximum absolute atomic E-state index is 4.69. The highest BCUT2D eigenvalue weighted by atomic mass is 15.3. The van der Waals surface area contributed by atoms with Gasteiger partial charge in [0.15, 0.2) is 0 Å². The van der Waals surface area contributed by atoms with E-state index in [9.17, 15) is 0 Å². The summed E-state index contributed by atoms with van der Waals surface area (Å²) < 4.78 is 2.10. The third-order valence-electron chi connectivity index (χ3n) is 4.05. The van der Waals surface area contributed by atoms with Crippen LogP contribution in [0, 0.1) is 20.8 Å². The average Bonchev–Trinajstić information content (AvgIpc) is 2.98. The monoisotopic (exact) mass is 269 g/mol. The van der Waals surface area contributed by atoms with Crippen LogP contribution in [0.5, 0.6) is 0 Å². The second-order valence-corrected chi connectivity index (χ2v) is 6.02. The zero-order chi connectivity index (χ0) is 14.1. The summed E-state index contributed by atoms with van der Waals surface area (Å²) in [5.41, 5.74) is 6.28. The SMILES string of the molecule is Cc1cc(C)cc(-c2cn(CC3CCCN3)nc2C)c1. The second kappa shape index (κ2) is 5.41. The molecule has 2 heterocycles. The van der Waals surface area contributed by atoms with Crippen LogP contribution in [-0.2, 0) is 6.54 Å². The largest absolute Gasteiger partial charge is 0.312 e. The molecule has 1 aliphatic rings.